The predicted octanol–water partition coefficient (Wildman–Crippen LogP) is 1.99. The average Bonchev–Trinajstić information content (AvgIpc) is 2.97. The first-order valence-electron chi connectivity index (χ1n) is 6.71. The van der Waals surface area contributed by atoms with Crippen LogP contribution in [0.1, 0.15) is 29.4 Å². The molecule has 1 aromatic carbocycles. The second kappa shape index (κ2) is 5.05. The van der Waals surface area contributed by atoms with Crippen LogP contribution in [0.2, 0.25) is 0 Å². The molecule has 0 saturated heterocycles. The van der Waals surface area contributed by atoms with Crippen molar-refractivity contribution in [2.45, 2.75) is 25.3 Å². The van der Waals surface area contributed by atoms with Crippen LogP contribution < -0.4 is 10.5 Å². The number of aromatic nitrogens is 2. The van der Waals surface area contributed by atoms with E-state index in [1.807, 2.05) is 30.1 Å². The van der Waals surface area contributed by atoms with Gasteiger partial charge in [-0.25, -0.2) is 4.98 Å². The maximum Gasteiger partial charge on any atom is 0.119 e. The summed E-state index contributed by atoms with van der Waals surface area (Å²) in [5.41, 5.74) is 8.64. The van der Waals surface area contributed by atoms with Gasteiger partial charge < -0.3 is 15.0 Å². The molecule has 0 bridgehead atoms. The lowest BCUT2D eigenvalue weighted by Gasteiger charge is -2.09. The number of imidazole rings is 1. The Kier molecular flexibility index (Phi) is 3.25. The zero-order valence-electron chi connectivity index (χ0n) is 11.2. The first kappa shape index (κ1) is 12.2. The minimum Gasteiger partial charge on any atom is -0.493 e. The van der Waals surface area contributed by atoms with Crippen molar-refractivity contribution in [3.63, 3.8) is 0 Å². The molecule has 0 radical (unpaired) electrons. The lowest BCUT2D eigenvalue weighted by atomic mass is 10.1. The van der Waals surface area contributed by atoms with Crippen LogP contribution in [-0.2, 0) is 19.9 Å². The van der Waals surface area contributed by atoms with E-state index in [9.17, 15) is 0 Å². The van der Waals surface area contributed by atoms with Gasteiger partial charge in [0.25, 0.3) is 0 Å². The largest absolute Gasteiger partial charge is 0.493 e. The quantitative estimate of drug-likeness (QED) is 0.911. The van der Waals surface area contributed by atoms with Gasteiger partial charge in [-0.15, -0.1) is 0 Å². The predicted molar refractivity (Wildman–Crippen MR) is 74.1 cm³/mol. The smallest absolute Gasteiger partial charge is 0.119 e. The Morgan fingerprint density at radius 2 is 2.37 bits per heavy atom. The van der Waals surface area contributed by atoms with Gasteiger partial charge in [0.1, 0.15) is 11.6 Å². The molecule has 1 aliphatic carbocycles. The van der Waals surface area contributed by atoms with E-state index in [0.29, 0.717) is 6.61 Å². The maximum absolute atomic E-state index is 6.03. The summed E-state index contributed by atoms with van der Waals surface area (Å²) in [5, 5.41) is 0. The summed E-state index contributed by atoms with van der Waals surface area (Å²) < 4.78 is 7.82. The highest BCUT2D eigenvalue weighted by atomic mass is 16.5. The number of fused-ring (bicyclic) bond motifs is 1. The van der Waals surface area contributed by atoms with Crippen molar-refractivity contribution < 1.29 is 4.74 Å². The third kappa shape index (κ3) is 2.49. The van der Waals surface area contributed by atoms with Gasteiger partial charge in [-0.05, 0) is 36.1 Å². The summed E-state index contributed by atoms with van der Waals surface area (Å²) in [6, 6.07) is 6.45. The number of rotatable bonds is 4. The third-order valence-corrected chi connectivity index (χ3v) is 3.75. The van der Waals surface area contributed by atoms with Crippen molar-refractivity contribution in [3.8, 4) is 5.75 Å². The zero-order chi connectivity index (χ0) is 13.2. The van der Waals surface area contributed by atoms with Crippen LogP contribution in [0.5, 0.6) is 5.75 Å². The van der Waals surface area contributed by atoms with Crippen molar-refractivity contribution in [1.29, 1.82) is 0 Å². The van der Waals surface area contributed by atoms with Crippen LogP contribution in [0.15, 0.2) is 30.6 Å². The minimum absolute atomic E-state index is 0.205. The minimum atomic E-state index is 0.205. The molecule has 0 saturated carbocycles. The Morgan fingerprint density at radius 3 is 3.16 bits per heavy atom. The first-order valence-corrected chi connectivity index (χ1v) is 6.71. The molecule has 19 heavy (non-hydrogen) atoms. The monoisotopic (exact) mass is 257 g/mol. The number of hydrogen-bond acceptors (Lipinski definition) is 3. The van der Waals surface area contributed by atoms with Gasteiger partial charge in [0, 0.05) is 31.9 Å². The van der Waals surface area contributed by atoms with E-state index < -0.39 is 0 Å². The van der Waals surface area contributed by atoms with Crippen molar-refractivity contribution in [1.82, 2.24) is 9.55 Å². The first-order chi connectivity index (χ1) is 9.24. The summed E-state index contributed by atoms with van der Waals surface area (Å²) >= 11 is 0. The highest BCUT2D eigenvalue weighted by molar-refractivity contribution is 5.40. The molecular formula is C15H19N3O. The van der Waals surface area contributed by atoms with Crippen molar-refractivity contribution in [3.05, 3.63) is 47.5 Å². The fourth-order valence-electron chi connectivity index (χ4n) is 2.61. The lowest BCUT2D eigenvalue weighted by Crippen LogP contribution is -2.07. The second-order valence-corrected chi connectivity index (χ2v) is 5.06. The van der Waals surface area contributed by atoms with E-state index in [4.69, 9.17) is 10.5 Å². The zero-order valence-corrected chi connectivity index (χ0v) is 11.2. The molecule has 2 N–H and O–H groups in total. The van der Waals surface area contributed by atoms with Crippen molar-refractivity contribution in [2.24, 2.45) is 12.8 Å². The van der Waals surface area contributed by atoms with Gasteiger partial charge in [-0.2, -0.15) is 0 Å². The third-order valence-electron chi connectivity index (χ3n) is 3.75. The number of nitrogens with zero attached hydrogens (tertiary/aromatic N) is 2. The molecular weight excluding hydrogens is 238 g/mol. The molecule has 0 spiro atoms. The Labute approximate surface area is 113 Å². The standard InChI is InChI=1S/C15H19N3O/c1-18-8-7-17-15(18)6-9-19-12-3-4-13-11(10-12)2-5-14(13)16/h3-4,7-8,10,14H,2,5-6,9,16H2,1H3. The summed E-state index contributed by atoms with van der Waals surface area (Å²) in [5.74, 6) is 1.98. The van der Waals surface area contributed by atoms with E-state index in [-0.39, 0.29) is 6.04 Å². The van der Waals surface area contributed by atoms with Crippen molar-refractivity contribution >= 4 is 0 Å². The molecule has 0 aliphatic heterocycles. The summed E-state index contributed by atoms with van der Waals surface area (Å²) in [4.78, 5) is 4.28. The molecule has 100 valence electrons. The molecule has 1 heterocycles. The van der Waals surface area contributed by atoms with Crippen LogP contribution in [0, 0.1) is 0 Å². The molecule has 1 aliphatic rings. The van der Waals surface area contributed by atoms with Gasteiger partial charge in [0.05, 0.1) is 6.61 Å². The fraction of sp³-hybridized carbons (Fsp3) is 0.400. The highest BCUT2D eigenvalue weighted by Gasteiger charge is 2.18. The molecule has 2 aromatic rings. The van der Waals surface area contributed by atoms with Gasteiger partial charge in [-0.3, -0.25) is 0 Å². The Hall–Kier alpha value is -1.81. The molecule has 3 rings (SSSR count). The molecule has 1 atom stereocenters. The highest BCUT2D eigenvalue weighted by Crippen LogP contribution is 2.31. The lowest BCUT2D eigenvalue weighted by molar-refractivity contribution is 0.317. The van der Waals surface area contributed by atoms with Gasteiger partial charge in [-0.1, -0.05) is 6.07 Å². The van der Waals surface area contributed by atoms with E-state index in [0.717, 1.165) is 30.8 Å². The number of aryl methyl sites for hydroxylation is 2. The van der Waals surface area contributed by atoms with Gasteiger partial charge in [0.15, 0.2) is 0 Å². The van der Waals surface area contributed by atoms with Gasteiger partial charge >= 0.3 is 0 Å². The van der Waals surface area contributed by atoms with E-state index in [1.165, 1.54) is 11.1 Å². The van der Waals surface area contributed by atoms with Crippen LogP contribution in [-0.4, -0.2) is 16.2 Å². The van der Waals surface area contributed by atoms with E-state index in [1.54, 1.807) is 0 Å². The Bertz CT molecular complexity index is 577. The molecule has 0 amide bonds. The molecule has 4 heteroatoms. The maximum atomic E-state index is 6.03. The fourth-order valence-corrected chi connectivity index (χ4v) is 2.61. The normalized spacial score (nSPS) is 17.5. The van der Waals surface area contributed by atoms with Crippen LogP contribution >= 0.6 is 0 Å². The Balaban J connectivity index is 1.60. The van der Waals surface area contributed by atoms with Crippen LogP contribution in [0.3, 0.4) is 0 Å². The number of hydrogen-bond donors (Lipinski definition) is 1. The van der Waals surface area contributed by atoms with E-state index in [2.05, 4.69) is 17.1 Å². The average molecular weight is 257 g/mol. The molecule has 4 nitrogen and oxygen atoms in total. The summed E-state index contributed by atoms with van der Waals surface area (Å²) in [7, 11) is 2.00. The topological polar surface area (TPSA) is 53.1 Å². The van der Waals surface area contributed by atoms with Gasteiger partial charge in [0.2, 0.25) is 0 Å². The number of nitrogens with two attached hydrogens (primary N) is 1. The molecule has 1 aromatic heterocycles. The molecule has 1 unspecified atom stereocenters. The molecule has 0 fully saturated rings. The summed E-state index contributed by atoms with van der Waals surface area (Å²) in [6.07, 6.45) is 6.69. The van der Waals surface area contributed by atoms with Crippen LogP contribution in [0.25, 0.3) is 0 Å². The number of ether oxygens (including phenoxy) is 1. The Morgan fingerprint density at radius 1 is 1.47 bits per heavy atom. The van der Waals surface area contributed by atoms with Crippen molar-refractivity contribution in [2.75, 3.05) is 6.61 Å². The second-order valence-electron chi connectivity index (χ2n) is 5.06. The van der Waals surface area contributed by atoms with E-state index >= 15 is 0 Å². The SMILES string of the molecule is Cn1ccnc1CCOc1ccc2c(c1)CCC2N. The number of benzene rings is 1. The van der Waals surface area contributed by atoms with Crippen LogP contribution in [0.4, 0.5) is 0 Å². The summed E-state index contributed by atoms with van der Waals surface area (Å²) in [6.45, 7) is 0.649.